The standard InChI is InChI=1S/C22H16N2O4S3/c25-19(24-20(26)18-6-3-11-29-18)12-28-21(27)15-9-7-14(8-10-15)13-30-22-23-16-4-1-2-5-17(16)31-22/h1-11H,12-13H2,(H,24,25,26). The van der Waals surface area contributed by atoms with E-state index in [1.807, 2.05) is 30.3 Å². The van der Waals surface area contributed by atoms with Crippen LogP contribution in [0.2, 0.25) is 0 Å². The highest BCUT2D eigenvalue weighted by Gasteiger charge is 2.14. The summed E-state index contributed by atoms with van der Waals surface area (Å²) in [4.78, 5) is 40.8. The minimum atomic E-state index is -0.671. The molecule has 0 fully saturated rings. The Labute approximate surface area is 190 Å². The second-order valence-corrected chi connectivity index (χ2v) is 9.56. The highest BCUT2D eigenvalue weighted by Crippen LogP contribution is 2.31. The molecule has 156 valence electrons. The third-order valence-corrected chi connectivity index (χ3v) is 7.28. The van der Waals surface area contributed by atoms with Gasteiger partial charge in [-0.15, -0.1) is 22.7 Å². The van der Waals surface area contributed by atoms with Gasteiger partial charge in [-0.05, 0) is 41.3 Å². The Morgan fingerprint density at radius 2 is 1.81 bits per heavy atom. The number of amides is 2. The first-order chi connectivity index (χ1) is 15.1. The van der Waals surface area contributed by atoms with Gasteiger partial charge in [0, 0.05) is 5.75 Å². The molecule has 2 amide bonds. The van der Waals surface area contributed by atoms with Crippen LogP contribution in [0.1, 0.15) is 25.6 Å². The monoisotopic (exact) mass is 468 g/mol. The van der Waals surface area contributed by atoms with Gasteiger partial charge in [0.15, 0.2) is 10.9 Å². The highest BCUT2D eigenvalue weighted by atomic mass is 32.2. The first-order valence-electron chi connectivity index (χ1n) is 9.20. The molecule has 4 rings (SSSR count). The van der Waals surface area contributed by atoms with Gasteiger partial charge < -0.3 is 4.74 Å². The van der Waals surface area contributed by atoms with Crippen molar-refractivity contribution >= 4 is 62.4 Å². The fourth-order valence-electron chi connectivity index (χ4n) is 2.64. The molecule has 0 atom stereocenters. The average molecular weight is 469 g/mol. The maximum Gasteiger partial charge on any atom is 0.338 e. The third kappa shape index (κ3) is 5.57. The quantitative estimate of drug-likeness (QED) is 0.311. The number of fused-ring (bicyclic) bond motifs is 1. The molecule has 0 saturated carbocycles. The molecule has 0 aliphatic heterocycles. The van der Waals surface area contributed by atoms with Crippen LogP contribution >= 0.6 is 34.4 Å². The summed E-state index contributed by atoms with van der Waals surface area (Å²) in [5, 5.41) is 3.92. The average Bonchev–Trinajstić information content (AvgIpc) is 3.46. The van der Waals surface area contributed by atoms with Crippen molar-refractivity contribution in [3.63, 3.8) is 0 Å². The van der Waals surface area contributed by atoms with Crippen LogP contribution in [0.5, 0.6) is 0 Å². The maximum absolute atomic E-state index is 12.2. The van der Waals surface area contributed by atoms with Crippen LogP contribution in [0.4, 0.5) is 0 Å². The number of thioether (sulfide) groups is 1. The molecule has 0 spiro atoms. The fourth-order valence-corrected chi connectivity index (χ4v) is 5.28. The zero-order valence-electron chi connectivity index (χ0n) is 16.1. The zero-order chi connectivity index (χ0) is 21.6. The van der Waals surface area contributed by atoms with E-state index in [0.29, 0.717) is 10.4 Å². The van der Waals surface area contributed by atoms with E-state index in [9.17, 15) is 14.4 Å². The summed E-state index contributed by atoms with van der Waals surface area (Å²) in [6, 6.07) is 18.3. The molecule has 6 nitrogen and oxygen atoms in total. The maximum atomic E-state index is 12.2. The number of hydrogen-bond acceptors (Lipinski definition) is 8. The minimum Gasteiger partial charge on any atom is -0.452 e. The molecule has 0 radical (unpaired) electrons. The van der Waals surface area contributed by atoms with Crippen molar-refractivity contribution in [3.05, 3.63) is 82.0 Å². The van der Waals surface area contributed by atoms with Crippen LogP contribution in [0.25, 0.3) is 10.2 Å². The largest absolute Gasteiger partial charge is 0.452 e. The Kier molecular flexibility index (Phi) is 6.76. The molecule has 0 aliphatic rings. The summed E-state index contributed by atoms with van der Waals surface area (Å²) in [5.41, 5.74) is 2.38. The lowest BCUT2D eigenvalue weighted by atomic mass is 10.1. The number of aromatic nitrogens is 1. The lowest BCUT2D eigenvalue weighted by Crippen LogP contribution is -2.33. The number of benzene rings is 2. The van der Waals surface area contributed by atoms with Gasteiger partial charge in [-0.1, -0.05) is 42.1 Å². The van der Waals surface area contributed by atoms with Crippen molar-refractivity contribution < 1.29 is 19.1 Å². The molecule has 4 aromatic rings. The molecular formula is C22H16N2O4S3. The summed E-state index contributed by atoms with van der Waals surface area (Å²) in [6.45, 7) is -0.523. The Hall–Kier alpha value is -3.01. The SMILES string of the molecule is O=C(COC(=O)c1ccc(CSc2nc3ccccc3s2)cc1)NC(=O)c1cccs1. The van der Waals surface area contributed by atoms with Crippen LogP contribution in [-0.4, -0.2) is 29.4 Å². The third-order valence-electron chi connectivity index (χ3n) is 4.16. The van der Waals surface area contributed by atoms with Gasteiger partial charge in [0.1, 0.15) is 0 Å². The van der Waals surface area contributed by atoms with E-state index in [-0.39, 0.29) is 0 Å². The number of thiophene rings is 1. The number of para-hydroxylation sites is 1. The van der Waals surface area contributed by atoms with Crippen LogP contribution in [0.15, 0.2) is 70.4 Å². The number of carbonyl (C=O) groups is 3. The molecule has 0 bridgehead atoms. The minimum absolute atomic E-state index is 0.339. The van der Waals surface area contributed by atoms with Gasteiger partial charge in [0.05, 0.1) is 20.7 Å². The number of thiazole rings is 1. The normalized spacial score (nSPS) is 10.7. The van der Waals surface area contributed by atoms with E-state index in [4.69, 9.17) is 4.74 Å². The number of esters is 1. The summed E-state index contributed by atoms with van der Waals surface area (Å²) < 4.78 is 7.15. The van der Waals surface area contributed by atoms with Gasteiger partial charge in [-0.3, -0.25) is 14.9 Å². The predicted octanol–water partition coefficient (Wildman–Crippen LogP) is 4.76. The highest BCUT2D eigenvalue weighted by molar-refractivity contribution is 8.00. The lowest BCUT2D eigenvalue weighted by Gasteiger charge is -2.06. The van der Waals surface area contributed by atoms with Crippen molar-refractivity contribution in [2.75, 3.05) is 6.61 Å². The summed E-state index contributed by atoms with van der Waals surface area (Å²) >= 11 is 4.51. The number of nitrogens with one attached hydrogen (secondary N) is 1. The summed E-state index contributed by atoms with van der Waals surface area (Å²) in [7, 11) is 0. The Morgan fingerprint density at radius 3 is 2.55 bits per heavy atom. The summed E-state index contributed by atoms with van der Waals surface area (Å²) in [6.07, 6.45) is 0. The van der Waals surface area contributed by atoms with Gasteiger partial charge in [0.25, 0.3) is 11.8 Å². The number of ether oxygens (including phenoxy) is 1. The fraction of sp³-hybridized carbons (Fsp3) is 0.0909. The lowest BCUT2D eigenvalue weighted by molar-refractivity contribution is -0.123. The Balaban J connectivity index is 1.25. The Morgan fingerprint density at radius 1 is 1.00 bits per heavy atom. The van der Waals surface area contributed by atoms with Gasteiger partial charge in [-0.2, -0.15) is 0 Å². The van der Waals surface area contributed by atoms with E-state index >= 15 is 0 Å². The van der Waals surface area contributed by atoms with E-state index in [1.165, 1.54) is 11.3 Å². The van der Waals surface area contributed by atoms with Crippen LogP contribution in [0.3, 0.4) is 0 Å². The number of hydrogen-bond donors (Lipinski definition) is 1. The van der Waals surface area contributed by atoms with Crippen molar-refractivity contribution in [2.24, 2.45) is 0 Å². The second kappa shape index (κ2) is 9.86. The zero-order valence-corrected chi connectivity index (χ0v) is 18.5. The first kappa shape index (κ1) is 21.2. The molecule has 1 N–H and O–H groups in total. The molecule has 31 heavy (non-hydrogen) atoms. The molecule has 2 heterocycles. The number of carbonyl (C=O) groups excluding carboxylic acids is 3. The molecule has 0 aliphatic carbocycles. The summed E-state index contributed by atoms with van der Waals surface area (Å²) in [5.74, 6) is -1.08. The van der Waals surface area contributed by atoms with Crippen LogP contribution in [0, 0.1) is 0 Å². The Bertz CT molecular complexity index is 1180. The van der Waals surface area contributed by atoms with Crippen molar-refractivity contribution in [1.82, 2.24) is 10.3 Å². The number of imide groups is 1. The number of rotatable bonds is 7. The second-order valence-electron chi connectivity index (χ2n) is 6.36. The topological polar surface area (TPSA) is 85.4 Å². The smallest absolute Gasteiger partial charge is 0.338 e. The van der Waals surface area contributed by atoms with E-state index in [1.54, 1.807) is 52.7 Å². The molecule has 0 saturated heterocycles. The van der Waals surface area contributed by atoms with E-state index in [2.05, 4.69) is 16.4 Å². The molecule has 2 aromatic carbocycles. The van der Waals surface area contributed by atoms with Gasteiger partial charge >= 0.3 is 5.97 Å². The molecule has 0 unspecified atom stereocenters. The number of nitrogens with zero attached hydrogens (tertiary/aromatic N) is 1. The first-order valence-corrected chi connectivity index (χ1v) is 11.9. The van der Waals surface area contributed by atoms with Crippen molar-refractivity contribution in [1.29, 1.82) is 0 Å². The predicted molar refractivity (Wildman–Crippen MR) is 123 cm³/mol. The van der Waals surface area contributed by atoms with Gasteiger partial charge in [0.2, 0.25) is 0 Å². The molecule has 2 aromatic heterocycles. The van der Waals surface area contributed by atoms with E-state index in [0.717, 1.165) is 25.9 Å². The van der Waals surface area contributed by atoms with Crippen LogP contribution in [-0.2, 0) is 15.3 Å². The van der Waals surface area contributed by atoms with Crippen molar-refractivity contribution in [3.8, 4) is 0 Å². The van der Waals surface area contributed by atoms with Gasteiger partial charge in [-0.25, -0.2) is 9.78 Å². The molecule has 9 heteroatoms. The molecular weight excluding hydrogens is 452 g/mol. The van der Waals surface area contributed by atoms with Crippen molar-refractivity contribution in [2.45, 2.75) is 10.1 Å². The van der Waals surface area contributed by atoms with E-state index < -0.39 is 24.4 Å². The van der Waals surface area contributed by atoms with Crippen LogP contribution < -0.4 is 5.32 Å².